The topological polar surface area (TPSA) is 51.0 Å². The van der Waals surface area contributed by atoms with Crippen LogP contribution in [0.25, 0.3) is 0 Å². The minimum atomic E-state index is -0.0392. The van der Waals surface area contributed by atoms with Gasteiger partial charge in [-0.15, -0.1) is 12.4 Å². The van der Waals surface area contributed by atoms with Crippen LogP contribution in [0.1, 0.15) is 43.1 Å². The number of aryl methyl sites for hydroxylation is 1. The molecule has 1 aromatic heterocycles. The summed E-state index contributed by atoms with van der Waals surface area (Å²) in [5.41, 5.74) is 2.83. The Bertz CT molecular complexity index is 628. The average Bonchev–Trinajstić information content (AvgIpc) is 2.96. The van der Waals surface area contributed by atoms with Crippen LogP contribution in [-0.2, 0) is 24.7 Å². The van der Waals surface area contributed by atoms with Crippen LogP contribution >= 0.6 is 12.4 Å². The zero-order chi connectivity index (χ0) is 14.9. The molecular formula is C17H24ClN3O. The lowest BCUT2D eigenvalue weighted by Crippen LogP contribution is -2.30. The second-order valence-corrected chi connectivity index (χ2v) is 6.42. The Balaban J connectivity index is 0.00000176. The van der Waals surface area contributed by atoms with Gasteiger partial charge in [0.25, 0.3) is 0 Å². The van der Waals surface area contributed by atoms with Crippen molar-refractivity contribution in [3.8, 4) is 0 Å². The first kappa shape index (κ1) is 17.0. The zero-order valence-electron chi connectivity index (χ0n) is 13.4. The van der Waals surface area contributed by atoms with E-state index in [0.29, 0.717) is 6.04 Å². The minimum absolute atomic E-state index is 0. The summed E-state index contributed by atoms with van der Waals surface area (Å²) < 4.78 is 5.58. The third-order valence-electron chi connectivity index (χ3n) is 4.61. The molecule has 0 radical (unpaired) electrons. The second kappa shape index (κ2) is 6.80. The Morgan fingerprint density at radius 3 is 2.77 bits per heavy atom. The van der Waals surface area contributed by atoms with Gasteiger partial charge in [-0.05, 0) is 44.4 Å². The summed E-state index contributed by atoms with van der Waals surface area (Å²) in [7, 11) is 1.95. The van der Waals surface area contributed by atoms with Crippen molar-refractivity contribution in [2.75, 3.05) is 7.05 Å². The highest BCUT2D eigenvalue weighted by Gasteiger charge is 2.36. The van der Waals surface area contributed by atoms with E-state index in [0.717, 1.165) is 37.4 Å². The molecule has 2 atom stereocenters. The first-order valence-electron chi connectivity index (χ1n) is 7.68. The molecule has 4 nitrogen and oxygen atoms in total. The van der Waals surface area contributed by atoms with Crippen LogP contribution in [0.3, 0.4) is 0 Å². The molecule has 5 heteroatoms. The molecule has 0 saturated heterocycles. The second-order valence-electron chi connectivity index (χ2n) is 6.42. The lowest BCUT2D eigenvalue weighted by atomic mass is 9.73. The average molecular weight is 322 g/mol. The predicted octanol–water partition coefficient (Wildman–Crippen LogP) is 3.09. The fraction of sp³-hybridized carbons (Fsp3) is 0.529. The van der Waals surface area contributed by atoms with E-state index >= 15 is 0 Å². The van der Waals surface area contributed by atoms with E-state index in [9.17, 15) is 0 Å². The third-order valence-corrected chi connectivity index (χ3v) is 4.61. The first-order valence-corrected chi connectivity index (χ1v) is 7.68. The molecule has 2 unspecified atom stereocenters. The lowest BCUT2D eigenvalue weighted by molar-refractivity contribution is 0.269. The number of likely N-dealkylation sites (N-methyl/N-ethyl adjacent to an activating group) is 1. The minimum Gasteiger partial charge on any atom is -0.339 e. The molecule has 0 saturated carbocycles. The summed E-state index contributed by atoms with van der Waals surface area (Å²) >= 11 is 0. The largest absolute Gasteiger partial charge is 0.339 e. The molecule has 1 aliphatic rings. The van der Waals surface area contributed by atoms with Gasteiger partial charge in [-0.1, -0.05) is 36.3 Å². The highest BCUT2D eigenvalue weighted by molar-refractivity contribution is 5.85. The van der Waals surface area contributed by atoms with Crippen LogP contribution < -0.4 is 5.32 Å². The summed E-state index contributed by atoms with van der Waals surface area (Å²) in [6.45, 7) is 4.36. The van der Waals surface area contributed by atoms with Crippen molar-refractivity contribution in [1.29, 1.82) is 0 Å². The number of benzene rings is 1. The maximum Gasteiger partial charge on any atom is 0.232 e. The maximum atomic E-state index is 5.58. The van der Waals surface area contributed by atoms with Gasteiger partial charge in [0.2, 0.25) is 5.89 Å². The van der Waals surface area contributed by atoms with Crippen molar-refractivity contribution < 1.29 is 4.52 Å². The summed E-state index contributed by atoms with van der Waals surface area (Å²) in [4.78, 5) is 4.65. The van der Waals surface area contributed by atoms with Gasteiger partial charge < -0.3 is 9.84 Å². The van der Waals surface area contributed by atoms with Gasteiger partial charge in [-0.25, -0.2) is 0 Å². The molecule has 0 spiro atoms. The monoisotopic (exact) mass is 321 g/mol. The van der Waals surface area contributed by atoms with Crippen LogP contribution in [0, 0.1) is 0 Å². The molecule has 0 bridgehead atoms. The Morgan fingerprint density at radius 1 is 1.32 bits per heavy atom. The molecule has 0 fully saturated rings. The maximum absolute atomic E-state index is 5.58. The van der Waals surface area contributed by atoms with Gasteiger partial charge in [0, 0.05) is 12.5 Å². The van der Waals surface area contributed by atoms with Gasteiger partial charge >= 0.3 is 0 Å². The van der Waals surface area contributed by atoms with Crippen molar-refractivity contribution in [3.05, 3.63) is 47.1 Å². The SMILES string of the molecule is CNC(C)Cc1noc(C2(C)CCc3ccccc3C2)n1.Cl. The fourth-order valence-corrected chi connectivity index (χ4v) is 3.03. The summed E-state index contributed by atoms with van der Waals surface area (Å²) in [6.07, 6.45) is 3.92. The number of hydrogen-bond donors (Lipinski definition) is 1. The molecule has 0 aliphatic heterocycles. The zero-order valence-corrected chi connectivity index (χ0v) is 14.2. The molecule has 1 aliphatic carbocycles. The Morgan fingerprint density at radius 2 is 2.05 bits per heavy atom. The Labute approximate surface area is 138 Å². The van der Waals surface area contributed by atoms with E-state index in [-0.39, 0.29) is 17.8 Å². The van der Waals surface area contributed by atoms with E-state index in [1.54, 1.807) is 0 Å². The van der Waals surface area contributed by atoms with Gasteiger partial charge in [0.05, 0.1) is 5.41 Å². The number of nitrogens with zero attached hydrogens (tertiary/aromatic N) is 2. The smallest absolute Gasteiger partial charge is 0.232 e. The van der Waals surface area contributed by atoms with Gasteiger partial charge in [-0.2, -0.15) is 4.98 Å². The van der Waals surface area contributed by atoms with Crippen LogP contribution in [0.5, 0.6) is 0 Å². The van der Waals surface area contributed by atoms with Crippen LogP contribution in [0.4, 0.5) is 0 Å². The van der Waals surface area contributed by atoms with Crippen molar-refractivity contribution in [1.82, 2.24) is 15.5 Å². The molecular weight excluding hydrogens is 298 g/mol. The van der Waals surface area contributed by atoms with E-state index in [1.807, 2.05) is 7.05 Å². The molecule has 1 N–H and O–H groups in total. The van der Waals surface area contributed by atoms with Gasteiger partial charge in [0.1, 0.15) is 0 Å². The van der Waals surface area contributed by atoms with Crippen molar-refractivity contribution in [2.45, 2.75) is 51.0 Å². The highest BCUT2D eigenvalue weighted by Crippen LogP contribution is 2.37. The quantitative estimate of drug-likeness (QED) is 0.940. The molecule has 3 rings (SSSR count). The molecule has 0 amide bonds. The molecule has 22 heavy (non-hydrogen) atoms. The van der Waals surface area contributed by atoms with Gasteiger partial charge in [-0.3, -0.25) is 0 Å². The lowest BCUT2D eigenvalue weighted by Gasteiger charge is -2.31. The number of aromatic nitrogens is 2. The third kappa shape index (κ3) is 3.33. The predicted molar refractivity (Wildman–Crippen MR) is 89.6 cm³/mol. The van der Waals surface area contributed by atoms with Crippen molar-refractivity contribution >= 4 is 12.4 Å². The standard InChI is InChI=1S/C17H23N3O.ClH/c1-12(18-3)10-15-19-16(21-20-15)17(2)9-8-13-6-4-5-7-14(13)11-17;/h4-7,12,18H,8-11H2,1-3H3;1H. The first-order chi connectivity index (χ1) is 10.1. The highest BCUT2D eigenvalue weighted by atomic mass is 35.5. The van der Waals surface area contributed by atoms with E-state index < -0.39 is 0 Å². The number of fused-ring (bicyclic) bond motifs is 1. The van der Waals surface area contributed by atoms with E-state index in [1.165, 1.54) is 11.1 Å². The van der Waals surface area contributed by atoms with Crippen LogP contribution in [0.2, 0.25) is 0 Å². The van der Waals surface area contributed by atoms with E-state index in [4.69, 9.17) is 4.52 Å². The summed E-state index contributed by atoms with van der Waals surface area (Å²) in [6, 6.07) is 9.02. The number of halogens is 1. The van der Waals surface area contributed by atoms with Crippen molar-refractivity contribution in [3.63, 3.8) is 0 Å². The number of nitrogens with one attached hydrogen (secondary N) is 1. The number of hydrogen-bond acceptors (Lipinski definition) is 4. The number of rotatable bonds is 4. The van der Waals surface area contributed by atoms with Crippen LogP contribution in [0.15, 0.2) is 28.8 Å². The normalized spacial score (nSPS) is 21.8. The van der Waals surface area contributed by atoms with E-state index in [2.05, 4.69) is 53.6 Å². The Hall–Kier alpha value is -1.39. The van der Waals surface area contributed by atoms with Crippen molar-refractivity contribution in [2.24, 2.45) is 0 Å². The molecule has 120 valence electrons. The summed E-state index contributed by atoms with van der Waals surface area (Å²) in [5.74, 6) is 1.59. The molecule has 1 aromatic carbocycles. The fourth-order valence-electron chi connectivity index (χ4n) is 3.03. The Kier molecular flexibility index (Phi) is 5.24. The molecule has 1 heterocycles. The summed E-state index contributed by atoms with van der Waals surface area (Å²) in [5, 5.41) is 7.36. The van der Waals surface area contributed by atoms with Gasteiger partial charge in [0.15, 0.2) is 5.82 Å². The van der Waals surface area contributed by atoms with Crippen LogP contribution in [-0.4, -0.2) is 23.2 Å². The molecule has 2 aromatic rings.